The Balaban J connectivity index is 1.42. The van der Waals surface area contributed by atoms with Crippen molar-refractivity contribution in [2.75, 3.05) is 18.4 Å². The highest BCUT2D eigenvalue weighted by Crippen LogP contribution is 2.20. The van der Waals surface area contributed by atoms with Gasteiger partial charge in [0.05, 0.1) is 12.1 Å². The quantitative estimate of drug-likeness (QED) is 0.676. The van der Waals surface area contributed by atoms with Crippen LogP contribution in [0.5, 0.6) is 0 Å². The number of hydrogen-bond donors (Lipinski definition) is 2. The van der Waals surface area contributed by atoms with E-state index in [1.54, 1.807) is 10.7 Å². The number of piperidine rings is 1. The van der Waals surface area contributed by atoms with Crippen molar-refractivity contribution in [3.63, 3.8) is 0 Å². The van der Waals surface area contributed by atoms with E-state index in [1.165, 1.54) is 0 Å². The van der Waals surface area contributed by atoms with Crippen LogP contribution in [0.15, 0.2) is 36.5 Å². The zero-order valence-electron chi connectivity index (χ0n) is 17.3. The molecule has 1 aliphatic heterocycles. The van der Waals surface area contributed by atoms with Crippen LogP contribution in [0.2, 0.25) is 0 Å². The fourth-order valence-corrected chi connectivity index (χ4v) is 4.01. The smallest absolute Gasteiger partial charge is 0.261 e. The van der Waals surface area contributed by atoms with Crippen molar-refractivity contribution < 1.29 is 9.59 Å². The number of carbonyl (C=O) groups is 2. The van der Waals surface area contributed by atoms with Gasteiger partial charge in [-0.1, -0.05) is 12.1 Å². The summed E-state index contributed by atoms with van der Waals surface area (Å²) in [5.41, 5.74) is 10.1. The first-order valence-corrected chi connectivity index (χ1v) is 10.1. The standard InChI is InChI=1S/C22H26N6O2/c1-14-10-15(2)28-21(25-14)19(11-24-28)22(30)26-18-7-5-16(6-8-18)12-27-9-3-4-17(13-27)20(23)29/h5-8,10-11,17H,3-4,9,12-13H2,1-2H3,(H2,23,29)(H,26,30). The summed E-state index contributed by atoms with van der Waals surface area (Å²) in [4.78, 5) is 30.9. The Hall–Kier alpha value is -3.26. The maximum absolute atomic E-state index is 12.8. The number of likely N-dealkylation sites (tertiary alicyclic amines) is 1. The normalized spacial score (nSPS) is 17.2. The number of benzene rings is 1. The lowest BCUT2D eigenvalue weighted by molar-refractivity contribution is -0.123. The van der Waals surface area contributed by atoms with Gasteiger partial charge in [-0.25, -0.2) is 9.50 Å². The fourth-order valence-electron chi connectivity index (χ4n) is 4.01. The highest BCUT2D eigenvalue weighted by Gasteiger charge is 2.23. The van der Waals surface area contributed by atoms with Crippen molar-refractivity contribution in [2.45, 2.75) is 33.2 Å². The molecule has 1 unspecified atom stereocenters. The number of rotatable bonds is 5. The van der Waals surface area contributed by atoms with Gasteiger partial charge >= 0.3 is 0 Å². The minimum atomic E-state index is -0.240. The Bertz CT molecular complexity index is 1090. The molecule has 8 nitrogen and oxygen atoms in total. The maximum atomic E-state index is 12.8. The van der Waals surface area contributed by atoms with E-state index in [0.717, 1.165) is 42.9 Å². The number of aryl methyl sites for hydroxylation is 2. The highest BCUT2D eigenvalue weighted by molar-refractivity contribution is 6.08. The molecule has 0 spiro atoms. The number of nitrogens with zero attached hydrogens (tertiary/aromatic N) is 4. The lowest BCUT2D eigenvalue weighted by Gasteiger charge is -2.31. The van der Waals surface area contributed by atoms with E-state index in [1.807, 2.05) is 44.2 Å². The third-order valence-electron chi connectivity index (χ3n) is 5.55. The molecule has 3 N–H and O–H groups in total. The van der Waals surface area contributed by atoms with Gasteiger partial charge in [0.1, 0.15) is 5.56 Å². The lowest BCUT2D eigenvalue weighted by Crippen LogP contribution is -2.40. The monoisotopic (exact) mass is 406 g/mol. The van der Waals surface area contributed by atoms with E-state index in [0.29, 0.717) is 23.4 Å². The lowest BCUT2D eigenvalue weighted by atomic mass is 9.97. The Kier molecular flexibility index (Phi) is 5.50. The molecule has 0 saturated carbocycles. The molecule has 0 radical (unpaired) electrons. The van der Waals surface area contributed by atoms with E-state index in [9.17, 15) is 9.59 Å². The number of nitrogens with one attached hydrogen (secondary N) is 1. The van der Waals surface area contributed by atoms with E-state index in [-0.39, 0.29) is 17.7 Å². The van der Waals surface area contributed by atoms with Crippen LogP contribution in [0, 0.1) is 19.8 Å². The largest absolute Gasteiger partial charge is 0.369 e. The highest BCUT2D eigenvalue weighted by atomic mass is 16.2. The summed E-state index contributed by atoms with van der Waals surface area (Å²) in [6, 6.07) is 9.68. The summed E-state index contributed by atoms with van der Waals surface area (Å²) < 4.78 is 1.67. The third kappa shape index (κ3) is 4.18. The Labute approximate surface area is 175 Å². The minimum Gasteiger partial charge on any atom is -0.369 e. The zero-order valence-corrected chi connectivity index (χ0v) is 17.3. The number of fused-ring (bicyclic) bond motifs is 1. The van der Waals surface area contributed by atoms with Crippen molar-refractivity contribution in [1.29, 1.82) is 0 Å². The van der Waals surface area contributed by atoms with Gasteiger partial charge in [-0.3, -0.25) is 14.5 Å². The van der Waals surface area contributed by atoms with Crippen molar-refractivity contribution >= 4 is 23.1 Å². The average Bonchev–Trinajstić information content (AvgIpc) is 3.14. The molecule has 30 heavy (non-hydrogen) atoms. The van der Waals surface area contributed by atoms with E-state index in [4.69, 9.17) is 5.73 Å². The third-order valence-corrected chi connectivity index (χ3v) is 5.55. The number of carbonyl (C=O) groups excluding carboxylic acids is 2. The molecule has 3 aromatic rings. The number of nitrogens with two attached hydrogens (primary N) is 1. The number of aromatic nitrogens is 3. The first-order valence-electron chi connectivity index (χ1n) is 10.1. The molecule has 2 aromatic heterocycles. The second kappa shape index (κ2) is 8.23. The van der Waals surface area contributed by atoms with Crippen LogP contribution < -0.4 is 11.1 Å². The topological polar surface area (TPSA) is 106 Å². The van der Waals surface area contributed by atoms with Crippen LogP contribution in [-0.4, -0.2) is 44.4 Å². The number of anilines is 1. The molecule has 1 atom stereocenters. The summed E-state index contributed by atoms with van der Waals surface area (Å²) in [6.07, 6.45) is 3.40. The van der Waals surface area contributed by atoms with Gasteiger partial charge in [-0.05, 0) is 57.0 Å². The first kappa shape index (κ1) is 20.0. The van der Waals surface area contributed by atoms with Crippen molar-refractivity contribution in [1.82, 2.24) is 19.5 Å². The summed E-state index contributed by atoms with van der Waals surface area (Å²) in [7, 11) is 0. The van der Waals surface area contributed by atoms with Gasteiger partial charge in [-0.15, -0.1) is 0 Å². The molecular weight excluding hydrogens is 380 g/mol. The molecule has 1 fully saturated rings. The predicted molar refractivity (Wildman–Crippen MR) is 114 cm³/mol. The Morgan fingerprint density at radius 3 is 2.73 bits per heavy atom. The number of primary amides is 1. The van der Waals surface area contributed by atoms with Crippen LogP contribution in [0.3, 0.4) is 0 Å². The molecule has 1 saturated heterocycles. The molecule has 8 heteroatoms. The fraction of sp³-hybridized carbons (Fsp3) is 0.364. The minimum absolute atomic E-state index is 0.0657. The van der Waals surface area contributed by atoms with Crippen LogP contribution in [-0.2, 0) is 11.3 Å². The Morgan fingerprint density at radius 2 is 2.00 bits per heavy atom. The molecular formula is C22H26N6O2. The SMILES string of the molecule is Cc1cc(C)n2ncc(C(=O)Nc3ccc(CN4CCCC(C(N)=O)C4)cc3)c2n1. The average molecular weight is 406 g/mol. The second-order valence-corrected chi connectivity index (χ2v) is 7.96. The molecule has 0 aliphatic carbocycles. The van der Waals surface area contributed by atoms with Gasteiger partial charge in [-0.2, -0.15) is 5.10 Å². The van der Waals surface area contributed by atoms with Gasteiger partial charge in [0.15, 0.2) is 5.65 Å². The maximum Gasteiger partial charge on any atom is 0.261 e. The molecule has 0 bridgehead atoms. The molecule has 2 amide bonds. The first-order chi connectivity index (χ1) is 14.4. The summed E-state index contributed by atoms with van der Waals surface area (Å²) in [5.74, 6) is -0.523. The summed E-state index contributed by atoms with van der Waals surface area (Å²) in [5, 5.41) is 7.20. The summed E-state index contributed by atoms with van der Waals surface area (Å²) >= 11 is 0. The van der Waals surface area contributed by atoms with Crippen molar-refractivity contribution in [2.24, 2.45) is 11.7 Å². The molecule has 4 rings (SSSR count). The van der Waals surface area contributed by atoms with E-state index >= 15 is 0 Å². The van der Waals surface area contributed by atoms with E-state index < -0.39 is 0 Å². The van der Waals surface area contributed by atoms with Crippen LogP contribution in [0.1, 0.15) is 40.2 Å². The van der Waals surface area contributed by atoms with Gasteiger partial charge in [0.25, 0.3) is 5.91 Å². The zero-order chi connectivity index (χ0) is 21.3. The molecule has 1 aliphatic rings. The molecule has 1 aromatic carbocycles. The second-order valence-electron chi connectivity index (χ2n) is 7.96. The van der Waals surface area contributed by atoms with Crippen LogP contribution in [0.25, 0.3) is 5.65 Å². The van der Waals surface area contributed by atoms with Crippen LogP contribution >= 0.6 is 0 Å². The summed E-state index contributed by atoms with van der Waals surface area (Å²) in [6.45, 7) is 6.25. The number of amides is 2. The molecule has 3 heterocycles. The van der Waals surface area contributed by atoms with Crippen LogP contribution in [0.4, 0.5) is 5.69 Å². The number of hydrogen-bond acceptors (Lipinski definition) is 5. The van der Waals surface area contributed by atoms with Crippen molar-refractivity contribution in [3.8, 4) is 0 Å². The Morgan fingerprint density at radius 1 is 1.23 bits per heavy atom. The van der Waals surface area contributed by atoms with Gasteiger partial charge in [0.2, 0.25) is 5.91 Å². The van der Waals surface area contributed by atoms with Crippen molar-refractivity contribution in [3.05, 3.63) is 59.0 Å². The van der Waals surface area contributed by atoms with E-state index in [2.05, 4.69) is 20.3 Å². The van der Waals surface area contributed by atoms with Gasteiger partial charge < -0.3 is 11.1 Å². The predicted octanol–water partition coefficient (Wildman–Crippen LogP) is 2.30. The molecule has 156 valence electrons. The van der Waals surface area contributed by atoms with Gasteiger partial charge in [0, 0.05) is 30.2 Å².